The van der Waals surface area contributed by atoms with Crippen LogP contribution < -0.4 is 20.6 Å². The Balaban J connectivity index is 1.39. The maximum absolute atomic E-state index is 6.65. The van der Waals surface area contributed by atoms with Gasteiger partial charge in [0.2, 0.25) is 0 Å². The summed E-state index contributed by atoms with van der Waals surface area (Å²) in [7, 11) is 0. The van der Waals surface area contributed by atoms with Crippen molar-refractivity contribution in [2.45, 2.75) is 19.3 Å². The van der Waals surface area contributed by atoms with E-state index in [9.17, 15) is 0 Å². The maximum Gasteiger partial charge on any atom is 0.333 e. The molecule has 0 radical (unpaired) electrons. The van der Waals surface area contributed by atoms with E-state index in [1.807, 2.05) is 0 Å². The molecule has 0 amide bonds. The van der Waals surface area contributed by atoms with Crippen LogP contribution in [0.3, 0.4) is 0 Å². The van der Waals surface area contributed by atoms with Crippen molar-refractivity contribution in [1.29, 1.82) is 0 Å². The number of nitrogens with zero attached hydrogens (tertiary/aromatic N) is 2. The summed E-state index contributed by atoms with van der Waals surface area (Å²) in [4.78, 5) is 2.49. The van der Waals surface area contributed by atoms with Gasteiger partial charge in [-0.25, -0.2) is 0 Å². The predicted molar refractivity (Wildman–Crippen MR) is 178 cm³/mol. The van der Waals surface area contributed by atoms with E-state index in [0.717, 1.165) is 22.9 Å². The molecule has 0 atom stereocenters. The molecule has 0 N–H and O–H groups in total. The quantitative estimate of drug-likeness (QED) is 0.177. The number of anilines is 3. The zero-order valence-electron chi connectivity index (χ0n) is 23.8. The number of hydrogen-bond acceptors (Lipinski definition) is 2. The van der Waals surface area contributed by atoms with Crippen molar-refractivity contribution in [3.05, 3.63) is 126 Å². The molecular weight excluding hydrogens is 523 g/mol. The average molecular weight is 548 g/mol. The molecule has 4 heteroatoms. The molecule has 11 rings (SSSR count). The van der Waals surface area contributed by atoms with Gasteiger partial charge < -0.3 is 14.1 Å². The van der Waals surface area contributed by atoms with Crippen molar-refractivity contribution in [3.63, 3.8) is 0 Å². The second-order valence-corrected chi connectivity index (χ2v) is 12.9. The molecule has 0 bridgehead atoms. The summed E-state index contributed by atoms with van der Waals surface area (Å²) in [6.45, 7) is 4.81. The minimum atomic E-state index is -0.100. The molecule has 0 spiro atoms. The molecule has 4 heterocycles. The van der Waals surface area contributed by atoms with E-state index in [1.165, 1.54) is 71.8 Å². The summed E-state index contributed by atoms with van der Waals surface area (Å²) in [5.41, 5.74) is 15.6. The van der Waals surface area contributed by atoms with Crippen LogP contribution in [-0.4, -0.2) is 11.3 Å². The Kier molecular flexibility index (Phi) is 3.76. The largest absolute Gasteiger partial charge is 0.453 e. The van der Waals surface area contributed by atoms with Crippen LogP contribution in [0.1, 0.15) is 25.0 Å². The standard InChI is InChI=1S/C39H25BN2O/c1-39(2)28-16-6-5-13-25(28)36-33(39)26-15-9-14-24-27-21-22-11-3-4-12-23(22)37-34(27)40(42(36)35(24)26)29-17-10-20-32-38(29)41(37)30-18-7-8-19-31(30)43-32/h3-21H,1-2H3. The zero-order chi connectivity index (χ0) is 28.2. The molecular formula is C39H25BN2O. The Morgan fingerprint density at radius 2 is 1.40 bits per heavy atom. The third kappa shape index (κ3) is 2.41. The van der Waals surface area contributed by atoms with Gasteiger partial charge in [-0.3, -0.25) is 0 Å². The average Bonchev–Trinajstić information content (AvgIpc) is 3.51. The van der Waals surface area contributed by atoms with Crippen LogP contribution in [-0.2, 0) is 5.41 Å². The highest BCUT2D eigenvalue weighted by molar-refractivity contribution is 6.90. The second kappa shape index (κ2) is 7.22. The van der Waals surface area contributed by atoms with Crippen LogP contribution in [0.4, 0.5) is 17.1 Å². The van der Waals surface area contributed by atoms with E-state index in [0.29, 0.717) is 0 Å². The number of hydrogen-bond donors (Lipinski definition) is 0. The van der Waals surface area contributed by atoms with Crippen LogP contribution in [0.25, 0.3) is 44.1 Å². The lowest BCUT2D eigenvalue weighted by Crippen LogP contribution is -2.57. The van der Waals surface area contributed by atoms with Gasteiger partial charge in [0.05, 0.1) is 17.1 Å². The highest BCUT2D eigenvalue weighted by Crippen LogP contribution is 2.58. The highest BCUT2D eigenvalue weighted by atomic mass is 16.5. The highest BCUT2D eigenvalue weighted by Gasteiger charge is 2.49. The van der Waals surface area contributed by atoms with E-state index in [4.69, 9.17) is 4.74 Å². The first-order valence-electron chi connectivity index (χ1n) is 15.2. The number of ether oxygens (including phenoxy) is 1. The fourth-order valence-corrected chi connectivity index (χ4v) is 8.90. The molecule has 200 valence electrons. The number of fused-ring (bicyclic) bond motifs is 13. The van der Waals surface area contributed by atoms with Gasteiger partial charge in [-0.05, 0) is 57.3 Å². The smallest absolute Gasteiger partial charge is 0.333 e. The third-order valence-corrected chi connectivity index (χ3v) is 10.5. The Bertz CT molecular complexity index is 2430. The van der Waals surface area contributed by atoms with Crippen molar-refractivity contribution >= 4 is 56.5 Å². The Morgan fingerprint density at radius 3 is 2.35 bits per heavy atom. The molecule has 4 aliphatic rings. The normalized spacial score (nSPS) is 15.5. The Labute approximate surface area is 249 Å². The number of rotatable bonds is 0. The third-order valence-electron chi connectivity index (χ3n) is 10.5. The second-order valence-electron chi connectivity index (χ2n) is 12.9. The molecule has 1 aliphatic carbocycles. The van der Waals surface area contributed by atoms with E-state index >= 15 is 0 Å². The summed E-state index contributed by atoms with van der Waals surface area (Å²) in [5, 5.41) is 3.89. The van der Waals surface area contributed by atoms with Gasteiger partial charge in [0.25, 0.3) is 0 Å². The summed E-state index contributed by atoms with van der Waals surface area (Å²) < 4.78 is 9.34. The molecule has 0 saturated carbocycles. The minimum Gasteiger partial charge on any atom is -0.453 e. The lowest BCUT2D eigenvalue weighted by atomic mass is 9.44. The van der Waals surface area contributed by atoms with Crippen molar-refractivity contribution in [2.75, 3.05) is 4.90 Å². The van der Waals surface area contributed by atoms with Crippen molar-refractivity contribution in [2.24, 2.45) is 0 Å². The fraction of sp³-hybridized carbons (Fsp3) is 0.0769. The van der Waals surface area contributed by atoms with Gasteiger partial charge in [-0.1, -0.05) is 105 Å². The number of aromatic nitrogens is 1. The molecule has 1 aromatic heterocycles. The SMILES string of the molecule is CC1(C)c2ccccc2-c2c1c1cccc3c1n2B1c2cccc4c2N(c2ccccc2O4)c2c1c-3cc1ccccc21. The number of para-hydroxylation sites is 4. The molecule has 0 saturated heterocycles. The maximum atomic E-state index is 6.65. The van der Waals surface area contributed by atoms with Gasteiger partial charge in [0.15, 0.2) is 11.5 Å². The predicted octanol–water partition coefficient (Wildman–Crippen LogP) is 8.62. The summed E-state index contributed by atoms with van der Waals surface area (Å²) >= 11 is 0. The van der Waals surface area contributed by atoms with Gasteiger partial charge in [0, 0.05) is 38.5 Å². The first kappa shape index (κ1) is 22.4. The van der Waals surface area contributed by atoms with Gasteiger partial charge in [-0.15, -0.1) is 0 Å². The first-order chi connectivity index (χ1) is 21.1. The van der Waals surface area contributed by atoms with E-state index in [2.05, 4.69) is 138 Å². The van der Waals surface area contributed by atoms with Crippen LogP contribution in [0.15, 0.2) is 115 Å². The summed E-state index contributed by atoms with van der Waals surface area (Å²) in [6.07, 6.45) is 0. The van der Waals surface area contributed by atoms with E-state index in [1.54, 1.807) is 0 Å². The summed E-state index contributed by atoms with van der Waals surface area (Å²) in [6, 6.07) is 42.4. The Morgan fingerprint density at radius 1 is 0.651 bits per heavy atom. The first-order valence-corrected chi connectivity index (χ1v) is 15.2. The summed E-state index contributed by atoms with van der Waals surface area (Å²) in [5.74, 6) is 1.80. The molecule has 7 aromatic rings. The Hall–Kier alpha value is -5.22. The molecule has 3 nitrogen and oxygen atoms in total. The molecule has 0 fully saturated rings. The monoisotopic (exact) mass is 548 g/mol. The minimum absolute atomic E-state index is 0.0118. The van der Waals surface area contributed by atoms with E-state index in [-0.39, 0.29) is 12.3 Å². The van der Waals surface area contributed by atoms with Gasteiger partial charge in [-0.2, -0.15) is 0 Å². The lowest BCUT2D eigenvalue weighted by Gasteiger charge is -2.44. The lowest BCUT2D eigenvalue weighted by molar-refractivity contribution is 0.477. The van der Waals surface area contributed by atoms with Crippen molar-refractivity contribution < 1.29 is 4.74 Å². The fourth-order valence-electron chi connectivity index (χ4n) is 8.90. The molecule has 43 heavy (non-hydrogen) atoms. The van der Waals surface area contributed by atoms with Crippen LogP contribution in [0, 0.1) is 0 Å². The van der Waals surface area contributed by atoms with Gasteiger partial charge in [0.1, 0.15) is 0 Å². The van der Waals surface area contributed by atoms with Crippen LogP contribution in [0.2, 0.25) is 0 Å². The zero-order valence-corrected chi connectivity index (χ0v) is 23.8. The molecule has 3 aliphatic heterocycles. The molecule has 6 aromatic carbocycles. The van der Waals surface area contributed by atoms with Crippen LogP contribution >= 0.6 is 0 Å². The van der Waals surface area contributed by atoms with Gasteiger partial charge >= 0.3 is 6.85 Å². The number of benzene rings is 6. The topological polar surface area (TPSA) is 17.4 Å². The molecule has 0 unspecified atom stereocenters. The van der Waals surface area contributed by atoms with E-state index < -0.39 is 0 Å². The van der Waals surface area contributed by atoms with Crippen molar-refractivity contribution in [3.8, 4) is 33.9 Å². The van der Waals surface area contributed by atoms with Crippen molar-refractivity contribution in [1.82, 2.24) is 4.48 Å². The van der Waals surface area contributed by atoms with Crippen LogP contribution in [0.5, 0.6) is 11.5 Å².